The molecule has 1 aromatic carbocycles. The lowest BCUT2D eigenvalue weighted by Crippen LogP contribution is -2.36. The Morgan fingerprint density at radius 2 is 1.95 bits per heavy atom. The number of nitrogens with zero attached hydrogens (tertiary/aromatic N) is 1. The Morgan fingerprint density at radius 3 is 2.55 bits per heavy atom. The zero-order chi connectivity index (χ0) is 16.1. The van der Waals surface area contributed by atoms with Crippen molar-refractivity contribution in [1.29, 1.82) is 0 Å². The lowest BCUT2D eigenvalue weighted by molar-refractivity contribution is -0.128. The van der Waals surface area contributed by atoms with Crippen molar-refractivity contribution in [2.24, 2.45) is 0 Å². The molecule has 0 radical (unpaired) electrons. The predicted octanol–water partition coefficient (Wildman–Crippen LogP) is 2.88. The molecular weight excluding hydrogens is 280 g/mol. The van der Waals surface area contributed by atoms with E-state index in [9.17, 15) is 15.0 Å². The molecule has 0 unspecified atom stereocenters. The molecule has 1 saturated heterocycles. The van der Waals surface area contributed by atoms with E-state index in [2.05, 4.69) is 0 Å². The van der Waals surface area contributed by atoms with Crippen molar-refractivity contribution >= 4 is 17.7 Å². The van der Waals surface area contributed by atoms with Crippen LogP contribution in [0.25, 0.3) is 6.08 Å². The second-order valence-electron chi connectivity index (χ2n) is 5.75. The lowest BCUT2D eigenvalue weighted by Gasteiger charge is -2.27. The highest BCUT2D eigenvalue weighted by Gasteiger charge is 2.20. The van der Waals surface area contributed by atoms with Gasteiger partial charge in [0.15, 0.2) is 11.5 Å². The smallest absolute Gasteiger partial charge is 0.249 e. The van der Waals surface area contributed by atoms with Gasteiger partial charge in [-0.05, 0) is 49.5 Å². The van der Waals surface area contributed by atoms with Gasteiger partial charge in [0, 0.05) is 18.7 Å². The van der Waals surface area contributed by atoms with Gasteiger partial charge in [0.2, 0.25) is 5.91 Å². The van der Waals surface area contributed by atoms with Crippen molar-refractivity contribution in [3.05, 3.63) is 23.3 Å². The van der Waals surface area contributed by atoms with Crippen LogP contribution in [0.3, 0.4) is 0 Å². The Morgan fingerprint density at radius 1 is 1.27 bits per heavy atom. The fourth-order valence-electron chi connectivity index (χ4n) is 2.76. The summed E-state index contributed by atoms with van der Waals surface area (Å²) in [7, 11) is 0. The van der Waals surface area contributed by atoms with Crippen molar-refractivity contribution in [3.63, 3.8) is 0 Å². The number of carbonyl (C=O) groups is 1. The highest BCUT2D eigenvalue weighted by molar-refractivity contribution is 5.98. The minimum absolute atomic E-state index is 0.0627. The third-order valence-corrected chi connectivity index (χ3v) is 3.92. The van der Waals surface area contributed by atoms with Gasteiger partial charge < -0.3 is 20.8 Å². The van der Waals surface area contributed by atoms with Crippen LogP contribution in [0.5, 0.6) is 11.5 Å². The van der Waals surface area contributed by atoms with Crippen LogP contribution >= 0.6 is 0 Å². The van der Waals surface area contributed by atoms with Gasteiger partial charge in [-0.15, -0.1) is 0 Å². The highest BCUT2D eigenvalue weighted by atomic mass is 16.3. The van der Waals surface area contributed by atoms with E-state index in [4.69, 9.17) is 5.73 Å². The summed E-state index contributed by atoms with van der Waals surface area (Å²) < 4.78 is 0. The number of carbonyl (C=O) groups excluding carboxylic acids is 1. The number of benzene rings is 1. The molecule has 0 atom stereocenters. The van der Waals surface area contributed by atoms with Crippen LogP contribution in [-0.4, -0.2) is 34.1 Å². The van der Waals surface area contributed by atoms with Crippen molar-refractivity contribution < 1.29 is 15.0 Å². The Kier molecular flexibility index (Phi) is 5.31. The molecular formula is C17H24N2O3. The molecule has 0 aliphatic carbocycles. The van der Waals surface area contributed by atoms with Gasteiger partial charge in [-0.3, -0.25) is 4.79 Å². The Balaban J connectivity index is 2.28. The first-order valence-electron chi connectivity index (χ1n) is 7.84. The number of amides is 1. The van der Waals surface area contributed by atoms with E-state index < -0.39 is 0 Å². The second kappa shape index (κ2) is 7.20. The van der Waals surface area contributed by atoms with Gasteiger partial charge in [0.25, 0.3) is 0 Å². The van der Waals surface area contributed by atoms with E-state index in [1.807, 2.05) is 11.8 Å². The Labute approximate surface area is 131 Å². The standard InChI is InChI=1S/C17H24N2O3/c1-2-6-13(17(22)19-7-4-3-5-8-19)9-12-10-14(18)16(21)15(20)11-12/h9-11,20-21H,2-8,18H2,1H3/b13-9+. The fraction of sp³-hybridized carbons (Fsp3) is 0.471. The molecule has 0 aromatic heterocycles. The lowest BCUT2D eigenvalue weighted by atomic mass is 10.0. The normalized spacial score (nSPS) is 15.9. The second-order valence-corrected chi connectivity index (χ2v) is 5.75. The molecule has 0 bridgehead atoms. The maximum atomic E-state index is 12.6. The monoisotopic (exact) mass is 304 g/mol. The molecule has 1 heterocycles. The molecule has 1 amide bonds. The SMILES string of the molecule is CCC/C(=C\c1cc(N)c(O)c(O)c1)C(=O)N1CCCCC1. The molecule has 4 N–H and O–H groups in total. The molecule has 1 aromatic rings. The van der Waals surface area contributed by atoms with E-state index in [-0.39, 0.29) is 23.1 Å². The molecule has 5 nitrogen and oxygen atoms in total. The summed E-state index contributed by atoms with van der Waals surface area (Å²) in [4.78, 5) is 14.5. The zero-order valence-corrected chi connectivity index (χ0v) is 13.0. The van der Waals surface area contributed by atoms with Crippen molar-refractivity contribution in [2.75, 3.05) is 18.8 Å². The van der Waals surface area contributed by atoms with Crippen LogP contribution in [0, 0.1) is 0 Å². The number of likely N-dealkylation sites (tertiary alicyclic amines) is 1. The van der Waals surface area contributed by atoms with Crippen LogP contribution < -0.4 is 5.73 Å². The topological polar surface area (TPSA) is 86.8 Å². The number of nitrogens with two attached hydrogens (primary N) is 1. The summed E-state index contributed by atoms with van der Waals surface area (Å²) in [5.41, 5.74) is 7.10. The number of phenols is 2. The first kappa shape index (κ1) is 16.2. The summed E-state index contributed by atoms with van der Waals surface area (Å²) in [6, 6.07) is 2.99. The molecule has 120 valence electrons. The first-order chi connectivity index (χ1) is 10.5. The largest absolute Gasteiger partial charge is 0.504 e. The minimum atomic E-state index is -0.323. The van der Waals surface area contributed by atoms with Gasteiger partial charge >= 0.3 is 0 Å². The molecule has 1 fully saturated rings. The molecule has 2 rings (SSSR count). The van der Waals surface area contributed by atoms with Gasteiger partial charge in [-0.1, -0.05) is 13.3 Å². The van der Waals surface area contributed by atoms with Gasteiger partial charge in [-0.2, -0.15) is 0 Å². The summed E-state index contributed by atoms with van der Waals surface area (Å²) in [6.45, 7) is 3.64. The molecule has 0 saturated carbocycles. The average molecular weight is 304 g/mol. The quantitative estimate of drug-likeness (QED) is 0.453. The molecule has 5 heteroatoms. The molecule has 0 spiro atoms. The number of hydrogen-bond donors (Lipinski definition) is 3. The van der Waals surface area contributed by atoms with Gasteiger partial charge in [0.05, 0.1) is 5.69 Å². The van der Waals surface area contributed by atoms with Crippen LogP contribution in [0.4, 0.5) is 5.69 Å². The zero-order valence-electron chi connectivity index (χ0n) is 13.0. The van der Waals surface area contributed by atoms with Crippen molar-refractivity contribution in [3.8, 4) is 11.5 Å². The number of aromatic hydroxyl groups is 2. The number of piperidine rings is 1. The van der Waals surface area contributed by atoms with E-state index in [0.717, 1.165) is 32.4 Å². The average Bonchev–Trinajstić information content (AvgIpc) is 2.52. The van der Waals surface area contributed by atoms with Crippen molar-refractivity contribution in [1.82, 2.24) is 4.90 Å². The Bertz CT molecular complexity index is 552. The molecule has 22 heavy (non-hydrogen) atoms. The van der Waals surface area contributed by atoms with E-state index >= 15 is 0 Å². The summed E-state index contributed by atoms with van der Waals surface area (Å²) in [6.07, 6.45) is 6.59. The third-order valence-electron chi connectivity index (χ3n) is 3.92. The van der Waals surface area contributed by atoms with E-state index in [1.165, 1.54) is 12.5 Å². The van der Waals surface area contributed by atoms with Crippen LogP contribution in [0.15, 0.2) is 17.7 Å². The summed E-state index contributed by atoms with van der Waals surface area (Å²) >= 11 is 0. The predicted molar refractivity (Wildman–Crippen MR) is 87.5 cm³/mol. The van der Waals surface area contributed by atoms with Crippen molar-refractivity contribution in [2.45, 2.75) is 39.0 Å². The highest BCUT2D eigenvalue weighted by Crippen LogP contribution is 2.33. The van der Waals surface area contributed by atoms with E-state index in [1.54, 1.807) is 12.1 Å². The van der Waals surface area contributed by atoms with Gasteiger partial charge in [-0.25, -0.2) is 0 Å². The van der Waals surface area contributed by atoms with E-state index in [0.29, 0.717) is 17.6 Å². The molecule has 1 aliphatic heterocycles. The minimum Gasteiger partial charge on any atom is -0.504 e. The maximum absolute atomic E-state index is 12.6. The maximum Gasteiger partial charge on any atom is 0.249 e. The Hall–Kier alpha value is -2.17. The van der Waals surface area contributed by atoms with Crippen LogP contribution in [0.1, 0.15) is 44.6 Å². The summed E-state index contributed by atoms with van der Waals surface area (Å²) in [5, 5.41) is 19.2. The first-order valence-corrected chi connectivity index (χ1v) is 7.84. The fourth-order valence-corrected chi connectivity index (χ4v) is 2.76. The number of anilines is 1. The molecule has 1 aliphatic rings. The van der Waals surface area contributed by atoms with Crippen LogP contribution in [-0.2, 0) is 4.79 Å². The van der Waals surface area contributed by atoms with Gasteiger partial charge in [0.1, 0.15) is 0 Å². The number of nitrogen functional groups attached to an aromatic ring is 1. The van der Waals surface area contributed by atoms with Crippen LogP contribution in [0.2, 0.25) is 0 Å². The number of hydrogen-bond acceptors (Lipinski definition) is 4. The number of phenolic OH excluding ortho intramolecular Hbond substituents is 2. The third kappa shape index (κ3) is 3.72. The summed E-state index contributed by atoms with van der Waals surface area (Å²) in [5.74, 6) is -0.531. The number of rotatable bonds is 4.